The van der Waals surface area contributed by atoms with Gasteiger partial charge < -0.3 is 9.47 Å². The molecule has 0 unspecified atom stereocenters. The minimum atomic E-state index is -0.329. The van der Waals surface area contributed by atoms with Crippen molar-refractivity contribution < 1.29 is 28.7 Å². The van der Waals surface area contributed by atoms with Crippen LogP contribution in [0, 0.1) is 0 Å². The zero-order valence-electron chi connectivity index (χ0n) is 12.2. The Morgan fingerprint density at radius 1 is 0.727 bits per heavy atom. The van der Waals surface area contributed by atoms with Crippen molar-refractivity contribution in [3.63, 3.8) is 0 Å². The van der Waals surface area contributed by atoms with Gasteiger partial charge >= 0.3 is 0 Å². The molecule has 0 radical (unpaired) electrons. The zero-order chi connectivity index (χ0) is 15.9. The molecule has 2 heterocycles. The van der Waals surface area contributed by atoms with Gasteiger partial charge in [-0.15, -0.1) is 0 Å². The van der Waals surface area contributed by atoms with E-state index in [0.29, 0.717) is 13.2 Å². The molecule has 0 aliphatic carbocycles. The Morgan fingerprint density at radius 2 is 1.18 bits per heavy atom. The first-order chi connectivity index (χ1) is 10.6. The number of carbonyl (C=O) groups excluding carboxylic acids is 4. The molecule has 0 aromatic heterocycles. The number of nitrogens with zero attached hydrogens (tertiary/aromatic N) is 2. The predicted octanol–water partition coefficient (Wildman–Crippen LogP) is -0.906. The van der Waals surface area contributed by atoms with E-state index < -0.39 is 0 Å². The molecule has 0 spiro atoms. The van der Waals surface area contributed by atoms with Crippen molar-refractivity contribution in [1.29, 1.82) is 0 Å². The maximum atomic E-state index is 11.3. The fraction of sp³-hybridized carbons (Fsp3) is 0.571. The van der Waals surface area contributed by atoms with Crippen LogP contribution in [0.25, 0.3) is 0 Å². The van der Waals surface area contributed by atoms with E-state index in [4.69, 9.17) is 9.47 Å². The highest BCUT2D eigenvalue weighted by molar-refractivity contribution is 6.12. The first-order valence-corrected chi connectivity index (χ1v) is 7.12. The van der Waals surface area contributed by atoms with Crippen LogP contribution in [-0.4, -0.2) is 72.9 Å². The smallest absolute Gasteiger partial charge is 0.253 e. The van der Waals surface area contributed by atoms with Gasteiger partial charge in [0, 0.05) is 25.0 Å². The molecule has 1 fully saturated rings. The Bertz CT molecular complexity index is 460. The van der Waals surface area contributed by atoms with Gasteiger partial charge in [-0.1, -0.05) is 0 Å². The summed E-state index contributed by atoms with van der Waals surface area (Å²) in [5.74, 6) is -0.966. The molecule has 0 atom stereocenters. The fourth-order valence-corrected chi connectivity index (χ4v) is 2.16. The van der Waals surface area contributed by atoms with Gasteiger partial charge in [-0.3, -0.25) is 29.0 Å². The molecule has 0 saturated carbocycles. The van der Waals surface area contributed by atoms with Crippen molar-refractivity contribution in [3.05, 3.63) is 12.2 Å². The summed E-state index contributed by atoms with van der Waals surface area (Å²) in [6, 6.07) is 0. The van der Waals surface area contributed by atoms with Gasteiger partial charge in [0.2, 0.25) is 11.8 Å². The summed E-state index contributed by atoms with van der Waals surface area (Å²) in [6.07, 6.45) is 3.02. The number of imide groups is 2. The summed E-state index contributed by atoms with van der Waals surface area (Å²) in [4.78, 5) is 47.5. The highest BCUT2D eigenvalue weighted by Gasteiger charge is 2.28. The summed E-state index contributed by atoms with van der Waals surface area (Å²) < 4.78 is 10.5. The number of carbonyl (C=O) groups is 4. The fourth-order valence-electron chi connectivity index (χ4n) is 2.16. The van der Waals surface area contributed by atoms with E-state index in [1.807, 2.05) is 0 Å². The monoisotopic (exact) mass is 310 g/mol. The summed E-state index contributed by atoms with van der Waals surface area (Å²) in [5.41, 5.74) is 0. The topological polar surface area (TPSA) is 93.2 Å². The molecule has 2 rings (SSSR count). The number of hydrogen-bond acceptors (Lipinski definition) is 6. The SMILES string of the molecule is O=C1C=CC(=O)N1CCOCCOCCN1C(=O)CCC1=O. The number of ether oxygens (including phenoxy) is 2. The minimum Gasteiger partial charge on any atom is -0.377 e. The van der Waals surface area contributed by atoms with E-state index in [0.717, 1.165) is 4.90 Å². The Kier molecular flexibility index (Phi) is 5.79. The Balaban J connectivity index is 1.46. The lowest BCUT2D eigenvalue weighted by atomic mass is 10.4. The predicted molar refractivity (Wildman–Crippen MR) is 73.5 cm³/mol. The number of hydrogen-bond donors (Lipinski definition) is 0. The number of likely N-dealkylation sites (tertiary alicyclic amines) is 1. The zero-order valence-corrected chi connectivity index (χ0v) is 12.2. The molecular formula is C14H18N2O6. The van der Waals surface area contributed by atoms with Gasteiger partial charge in [-0.05, 0) is 0 Å². The van der Waals surface area contributed by atoms with E-state index in [2.05, 4.69) is 0 Å². The number of amides is 4. The van der Waals surface area contributed by atoms with Crippen LogP contribution in [0.4, 0.5) is 0 Å². The van der Waals surface area contributed by atoms with Crippen molar-refractivity contribution in [2.45, 2.75) is 12.8 Å². The summed E-state index contributed by atoms with van der Waals surface area (Å²) in [6.45, 7) is 1.61. The summed E-state index contributed by atoms with van der Waals surface area (Å²) in [5, 5.41) is 0. The summed E-state index contributed by atoms with van der Waals surface area (Å²) >= 11 is 0. The molecule has 120 valence electrons. The highest BCUT2D eigenvalue weighted by Crippen LogP contribution is 2.10. The van der Waals surface area contributed by atoms with Crippen LogP contribution < -0.4 is 0 Å². The summed E-state index contributed by atoms with van der Waals surface area (Å²) in [7, 11) is 0. The molecule has 8 heteroatoms. The Labute approximate surface area is 127 Å². The van der Waals surface area contributed by atoms with Crippen molar-refractivity contribution in [1.82, 2.24) is 9.80 Å². The first-order valence-electron chi connectivity index (χ1n) is 7.12. The molecule has 2 aliphatic rings. The first kappa shape index (κ1) is 16.3. The maximum absolute atomic E-state index is 11.3. The molecular weight excluding hydrogens is 292 g/mol. The van der Waals surface area contributed by atoms with Crippen molar-refractivity contribution in [3.8, 4) is 0 Å². The van der Waals surface area contributed by atoms with Crippen LogP contribution in [0.15, 0.2) is 12.2 Å². The third kappa shape index (κ3) is 4.22. The van der Waals surface area contributed by atoms with E-state index >= 15 is 0 Å². The number of rotatable bonds is 9. The van der Waals surface area contributed by atoms with Crippen LogP contribution in [0.2, 0.25) is 0 Å². The maximum Gasteiger partial charge on any atom is 0.253 e. The van der Waals surface area contributed by atoms with E-state index in [9.17, 15) is 19.2 Å². The standard InChI is InChI=1S/C14H18N2O6/c17-11-1-2-12(18)15(11)5-7-21-9-10-22-8-6-16-13(19)3-4-14(16)20/h1-2H,3-10H2. The average molecular weight is 310 g/mol. The average Bonchev–Trinajstić information content (AvgIpc) is 2.98. The normalized spacial score (nSPS) is 18.2. The van der Waals surface area contributed by atoms with Gasteiger partial charge in [-0.2, -0.15) is 0 Å². The van der Waals surface area contributed by atoms with Gasteiger partial charge in [0.15, 0.2) is 0 Å². The van der Waals surface area contributed by atoms with Gasteiger partial charge in [0.05, 0.1) is 39.5 Å². The molecule has 0 aromatic carbocycles. The lowest BCUT2D eigenvalue weighted by molar-refractivity contribution is -0.140. The van der Waals surface area contributed by atoms with Crippen LogP contribution >= 0.6 is 0 Å². The second-order valence-electron chi connectivity index (χ2n) is 4.83. The van der Waals surface area contributed by atoms with Crippen molar-refractivity contribution in [2.75, 3.05) is 39.5 Å². The van der Waals surface area contributed by atoms with Crippen LogP contribution in [0.3, 0.4) is 0 Å². The molecule has 2 aliphatic heterocycles. The lowest BCUT2D eigenvalue weighted by Crippen LogP contribution is -2.33. The van der Waals surface area contributed by atoms with Crippen LogP contribution in [0.1, 0.15) is 12.8 Å². The molecule has 22 heavy (non-hydrogen) atoms. The Hall–Kier alpha value is -2.06. The molecule has 8 nitrogen and oxygen atoms in total. The second-order valence-corrected chi connectivity index (χ2v) is 4.83. The quantitative estimate of drug-likeness (QED) is 0.404. The third-order valence-electron chi connectivity index (χ3n) is 3.35. The lowest BCUT2D eigenvalue weighted by Gasteiger charge is -2.14. The largest absolute Gasteiger partial charge is 0.377 e. The molecule has 0 bridgehead atoms. The van der Waals surface area contributed by atoms with Crippen LogP contribution in [0.5, 0.6) is 0 Å². The second kappa shape index (κ2) is 7.81. The van der Waals surface area contributed by atoms with E-state index in [1.165, 1.54) is 17.1 Å². The van der Waals surface area contributed by atoms with Gasteiger partial charge in [-0.25, -0.2) is 0 Å². The van der Waals surface area contributed by atoms with E-state index in [1.54, 1.807) is 0 Å². The Morgan fingerprint density at radius 3 is 1.68 bits per heavy atom. The molecule has 0 aromatic rings. The van der Waals surface area contributed by atoms with Crippen LogP contribution in [-0.2, 0) is 28.7 Å². The van der Waals surface area contributed by atoms with Gasteiger partial charge in [0.25, 0.3) is 11.8 Å². The minimum absolute atomic E-state index is 0.154. The molecule has 0 N–H and O–H groups in total. The molecule has 1 saturated heterocycles. The highest BCUT2D eigenvalue weighted by atomic mass is 16.5. The molecule has 4 amide bonds. The van der Waals surface area contributed by atoms with Gasteiger partial charge in [0.1, 0.15) is 0 Å². The van der Waals surface area contributed by atoms with Crippen molar-refractivity contribution >= 4 is 23.6 Å². The van der Waals surface area contributed by atoms with Crippen molar-refractivity contribution in [2.24, 2.45) is 0 Å². The third-order valence-corrected chi connectivity index (χ3v) is 3.35. The van der Waals surface area contributed by atoms with E-state index in [-0.39, 0.29) is 62.8 Å².